The number of amides is 1. The number of nitrogens with two attached hydrogens (primary N) is 1. The number of piperidine rings is 1. The average Bonchev–Trinajstić information content (AvgIpc) is 2.01. The number of nitrogens with one attached hydrogen (secondary N) is 1. The average molecular weight is 222 g/mol. The van der Waals surface area contributed by atoms with Gasteiger partial charge in [0.15, 0.2) is 0 Å². The molecule has 1 aliphatic rings. The van der Waals surface area contributed by atoms with Crippen LogP contribution in [0.15, 0.2) is 0 Å². The molecular weight excluding hydrogens is 207 g/mol. The lowest BCUT2D eigenvalue weighted by Crippen LogP contribution is -2.47. The van der Waals surface area contributed by atoms with Gasteiger partial charge in [-0.1, -0.05) is 0 Å². The van der Waals surface area contributed by atoms with Crippen LogP contribution in [0.5, 0.6) is 0 Å². The van der Waals surface area contributed by atoms with Crippen LogP contribution in [0.3, 0.4) is 0 Å². The molecule has 0 spiro atoms. The first kappa shape index (κ1) is 11.7. The van der Waals surface area contributed by atoms with E-state index in [0.29, 0.717) is 19.4 Å². The van der Waals surface area contributed by atoms with Crippen molar-refractivity contribution in [1.82, 2.24) is 5.32 Å². The minimum Gasteiger partial charge on any atom is -0.368 e. The lowest BCUT2D eigenvalue weighted by molar-refractivity contribution is -0.120. The molecule has 7 heteroatoms. The topological polar surface area (TPSA) is 113 Å². The first-order valence-corrected chi connectivity index (χ1v) is 6.25. The van der Waals surface area contributed by atoms with E-state index >= 15 is 0 Å². The molecule has 6 nitrogen and oxygen atoms in total. The van der Waals surface area contributed by atoms with Gasteiger partial charge in [-0.05, 0) is 25.3 Å². The SMILES string of the molecule is NC(=O)C1C[C@@H](CP(=O)(O)O)CCN1. The Hall–Kier alpha value is -0.420. The van der Waals surface area contributed by atoms with Gasteiger partial charge in [0.2, 0.25) is 5.91 Å². The molecule has 2 atom stereocenters. The highest BCUT2D eigenvalue weighted by atomic mass is 31.2. The quantitative estimate of drug-likeness (QED) is 0.458. The third-order valence-corrected chi connectivity index (χ3v) is 3.34. The van der Waals surface area contributed by atoms with Crippen LogP contribution in [0.2, 0.25) is 0 Å². The summed E-state index contributed by atoms with van der Waals surface area (Å²) < 4.78 is 10.7. The fourth-order valence-electron chi connectivity index (χ4n) is 1.72. The number of hydrogen-bond acceptors (Lipinski definition) is 3. The van der Waals surface area contributed by atoms with Crippen molar-refractivity contribution in [1.29, 1.82) is 0 Å². The highest BCUT2D eigenvalue weighted by molar-refractivity contribution is 7.51. The Morgan fingerprint density at radius 3 is 2.71 bits per heavy atom. The molecule has 0 aromatic rings. The van der Waals surface area contributed by atoms with Gasteiger partial charge >= 0.3 is 7.60 Å². The summed E-state index contributed by atoms with van der Waals surface area (Å²) in [7, 11) is -3.97. The van der Waals surface area contributed by atoms with Crippen LogP contribution in [-0.2, 0) is 9.36 Å². The third kappa shape index (κ3) is 3.75. The number of rotatable bonds is 3. The van der Waals surface area contributed by atoms with Crippen molar-refractivity contribution in [2.24, 2.45) is 11.7 Å². The summed E-state index contributed by atoms with van der Waals surface area (Å²) in [6.07, 6.45) is 0.938. The maximum Gasteiger partial charge on any atom is 0.325 e. The Bertz CT molecular complexity index is 264. The van der Waals surface area contributed by atoms with Gasteiger partial charge < -0.3 is 20.8 Å². The van der Waals surface area contributed by atoms with E-state index in [4.69, 9.17) is 15.5 Å². The maximum absolute atomic E-state index is 10.8. The van der Waals surface area contributed by atoms with Gasteiger partial charge in [-0.3, -0.25) is 9.36 Å². The van der Waals surface area contributed by atoms with Crippen molar-refractivity contribution in [3.05, 3.63) is 0 Å². The van der Waals surface area contributed by atoms with Crippen molar-refractivity contribution in [2.45, 2.75) is 18.9 Å². The molecule has 1 heterocycles. The van der Waals surface area contributed by atoms with E-state index in [2.05, 4.69) is 5.32 Å². The Balaban J connectivity index is 2.48. The summed E-state index contributed by atoms with van der Waals surface area (Å²) in [5.74, 6) is -0.574. The van der Waals surface area contributed by atoms with E-state index in [1.807, 2.05) is 0 Å². The van der Waals surface area contributed by atoms with Crippen LogP contribution in [-0.4, -0.2) is 34.4 Å². The lowest BCUT2D eigenvalue weighted by atomic mass is 9.94. The molecule has 0 saturated carbocycles. The molecule has 0 aromatic heterocycles. The largest absolute Gasteiger partial charge is 0.368 e. The third-order valence-electron chi connectivity index (χ3n) is 2.35. The molecule has 1 fully saturated rings. The van der Waals surface area contributed by atoms with Gasteiger partial charge in [-0.25, -0.2) is 0 Å². The van der Waals surface area contributed by atoms with Crippen LogP contribution in [0.1, 0.15) is 12.8 Å². The van der Waals surface area contributed by atoms with Gasteiger partial charge in [-0.15, -0.1) is 0 Å². The smallest absolute Gasteiger partial charge is 0.325 e. The zero-order chi connectivity index (χ0) is 10.8. The van der Waals surface area contributed by atoms with Gasteiger partial charge in [0, 0.05) is 0 Å². The van der Waals surface area contributed by atoms with Crippen LogP contribution in [0, 0.1) is 5.92 Å². The van der Waals surface area contributed by atoms with E-state index in [1.165, 1.54) is 0 Å². The Labute approximate surface area is 82.0 Å². The van der Waals surface area contributed by atoms with Crippen molar-refractivity contribution in [3.63, 3.8) is 0 Å². The maximum atomic E-state index is 10.8. The first-order valence-electron chi connectivity index (χ1n) is 4.46. The highest BCUT2D eigenvalue weighted by Gasteiger charge is 2.29. The standard InChI is InChI=1S/C7H15N2O4P/c8-7(10)6-3-5(1-2-9-6)4-14(11,12)13/h5-6,9H,1-4H2,(H2,8,10)(H2,11,12,13)/t5-,6?/m0/s1. The Morgan fingerprint density at radius 1 is 1.57 bits per heavy atom. The molecule has 1 saturated heterocycles. The fraction of sp³-hybridized carbons (Fsp3) is 0.857. The van der Waals surface area contributed by atoms with Crippen LogP contribution < -0.4 is 11.1 Å². The zero-order valence-corrected chi connectivity index (χ0v) is 8.61. The zero-order valence-electron chi connectivity index (χ0n) is 7.72. The van der Waals surface area contributed by atoms with Crippen molar-refractivity contribution >= 4 is 13.5 Å². The molecule has 0 radical (unpaired) electrons. The van der Waals surface area contributed by atoms with Gasteiger partial charge in [0.05, 0.1) is 12.2 Å². The van der Waals surface area contributed by atoms with Gasteiger partial charge in [0.25, 0.3) is 0 Å². The van der Waals surface area contributed by atoms with Crippen molar-refractivity contribution in [3.8, 4) is 0 Å². The molecule has 14 heavy (non-hydrogen) atoms. The monoisotopic (exact) mass is 222 g/mol. The second-order valence-electron chi connectivity index (χ2n) is 3.65. The molecule has 0 aromatic carbocycles. The van der Waals surface area contributed by atoms with Gasteiger partial charge in [0.1, 0.15) is 0 Å². The minimum atomic E-state index is -3.97. The van der Waals surface area contributed by atoms with Crippen LogP contribution >= 0.6 is 7.60 Å². The predicted octanol–water partition coefficient (Wildman–Crippen LogP) is -0.982. The molecule has 0 bridgehead atoms. The molecular formula is C7H15N2O4P. The summed E-state index contributed by atoms with van der Waals surface area (Å²) in [5, 5.41) is 2.91. The summed E-state index contributed by atoms with van der Waals surface area (Å²) in [6, 6.07) is -0.444. The van der Waals surface area contributed by atoms with Crippen molar-refractivity contribution in [2.75, 3.05) is 12.7 Å². The highest BCUT2D eigenvalue weighted by Crippen LogP contribution is 2.39. The second-order valence-corrected chi connectivity index (χ2v) is 5.34. The molecule has 0 aliphatic carbocycles. The molecule has 1 aliphatic heterocycles. The summed E-state index contributed by atoms with van der Waals surface area (Å²) in [4.78, 5) is 28.4. The van der Waals surface area contributed by atoms with E-state index < -0.39 is 19.5 Å². The van der Waals surface area contributed by atoms with E-state index in [-0.39, 0.29) is 12.1 Å². The van der Waals surface area contributed by atoms with E-state index in [9.17, 15) is 9.36 Å². The Morgan fingerprint density at radius 2 is 2.21 bits per heavy atom. The molecule has 1 amide bonds. The predicted molar refractivity (Wildman–Crippen MR) is 50.6 cm³/mol. The van der Waals surface area contributed by atoms with E-state index in [0.717, 1.165) is 0 Å². The van der Waals surface area contributed by atoms with Crippen LogP contribution in [0.4, 0.5) is 0 Å². The Kier molecular flexibility index (Phi) is 3.66. The molecule has 1 unspecified atom stereocenters. The second kappa shape index (κ2) is 4.40. The number of carbonyl (C=O) groups excluding carboxylic acids is 1. The summed E-state index contributed by atoms with van der Waals surface area (Å²) in [6.45, 7) is 0.582. The molecule has 1 rings (SSSR count). The molecule has 5 N–H and O–H groups in total. The first-order chi connectivity index (χ1) is 6.38. The number of carbonyl (C=O) groups is 1. The van der Waals surface area contributed by atoms with Crippen molar-refractivity contribution < 1.29 is 19.1 Å². The fourth-order valence-corrected chi connectivity index (χ4v) is 2.72. The minimum absolute atomic E-state index is 0.116. The van der Waals surface area contributed by atoms with E-state index in [1.54, 1.807) is 0 Å². The number of hydrogen-bond donors (Lipinski definition) is 4. The van der Waals surface area contributed by atoms with Crippen LogP contribution in [0.25, 0.3) is 0 Å². The van der Waals surface area contributed by atoms with Gasteiger partial charge in [-0.2, -0.15) is 0 Å². The summed E-state index contributed by atoms with van der Waals surface area (Å²) in [5.41, 5.74) is 5.10. The lowest BCUT2D eigenvalue weighted by Gasteiger charge is -2.28. The normalized spacial score (nSPS) is 28.7. The summed E-state index contributed by atoms with van der Waals surface area (Å²) >= 11 is 0. The molecule has 82 valence electrons. The number of primary amides is 1.